The molecule has 0 aromatic heterocycles. The molecule has 64 valence electrons. The Morgan fingerprint density at radius 1 is 1.82 bits per heavy atom. The van der Waals surface area contributed by atoms with Gasteiger partial charge in [-0.1, -0.05) is 0 Å². The number of amides is 2. The van der Waals surface area contributed by atoms with E-state index in [1.807, 2.05) is 7.05 Å². The highest BCUT2D eigenvalue weighted by atomic mass is 16.2. The predicted molar refractivity (Wildman–Crippen MR) is 43.2 cm³/mol. The highest BCUT2D eigenvalue weighted by Crippen LogP contribution is 2.08. The first-order valence-corrected chi connectivity index (χ1v) is 3.96. The number of nitrogens with zero attached hydrogens (tertiary/aromatic N) is 1. The van der Waals surface area contributed by atoms with Crippen LogP contribution in [0.1, 0.15) is 12.8 Å². The Balaban J connectivity index is 2.30. The van der Waals surface area contributed by atoms with Crippen LogP contribution in [-0.4, -0.2) is 37.1 Å². The molecule has 1 saturated heterocycles. The molecule has 1 rings (SSSR count). The van der Waals surface area contributed by atoms with Crippen molar-refractivity contribution in [3.05, 3.63) is 0 Å². The lowest BCUT2D eigenvalue weighted by Gasteiger charge is -2.16. The number of hydrogen-bond donors (Lipinski definition) is 2. The first kappa shape index (κ1) is 8.33. The van der Waals surface area contributed by atoms with Crippen molar-refractivity contribution in [3.63, 3.8) is 0 Å². The Labute approximate surface area is 66.7 Å². The van der Waals surface area contributed by atoms with E-state index in [0.717, 1.165) is 19.4 Å². The Bertz CT molecular complexity index is 149. The molecule has 3 N–H and O–H groups in total. The van der Waals surface area contributed by atoms with Crippen LogP contribution in [0.25, 0.3) is 0 Å². The summed E-state index contributed by atoms with van der Waals surface area (Å²) >= 11 is 0. The zero-order chi connectivity index (χ0) is 8.27. The molecule has 1 heterocycles. The Morgan fingerprint density at radius 2 is 2.55 bits per heavy atom. The molecule has 1 unspecified atom stereocenters. The van der Waals surface area contributed by atoms with Crippen molar-refractivity contribution in [2.24, 2.45) is 5.73 Å². The van der Waals surface area contributed by atoms with E-state index < -0.39 is 0 Å². The van der Waals surface area contributed by atoms with Crippen molar-refractivity contribution in [1.29, 1.82) is 0 Å². The molecular formula is C7H15N3O. The summed E-state index contributed by atoms with van der Waals surface area (Å²) in [4.78, 5) is 12.7. The van der Waals surface area contributed by atoms with Crippen LogP contribution in [0.4, 0.5) is 4.79 Å². The Hall–Kier alpha value is -0.770. The van der Waals surface area contributed by atoms with Crippen LogP contribution in [0.5, 0.6) is 0 Å². The largest absolute Gasteiger partial charge is 0.336 e. The SMILES string of the molecule is CN1C(=O)NCC1CCCN. The summed E-state index contributed by atoms with van der Waals surface area (Å²) in [6, 6.07) is 0.387. The summed E-state index contributed by atoms with van der Waals surface area (Å²) in [6.07, 6.45) is 2.00. The van der Waals surface area contributed by atoms with Crippen LogP contribution in [0.3, 0.4) is 0 Å². The highest BCUT2D eigenvalue weighted by Gasteiger charge is 2.25. The number of likely N-dealkylation sites (N-methyl/N-ethyl adjacent to an activating group) is 1. The minimum Gasteiger partial charge on any atom is -0.336 e. The van der Waals surface area contributed by atoms with Crippen LogP contribution in [0, 0.1) is 0 Å². The average molecular weight is 157 g/mol. The number of nitrogens with one attached hydrogen (secondary N) is 1. The third-order valence-corrected chi connectivity index (χ3v) is 2.10. The molecule has 0 spiro atoms. The molecule has 1 fully saturated rings. The van der Waals surface area contributed by atoms with E-state index in [4.69, 9.17) is 5.73 Å². The van der Waals surface area contributed by atoms with Gasteiger partial charge < -0.3 is 16.0 Å². The minimum atomic E-state index is 0.0343. The van der Waals surface area contributed by atoms with Crippen molar-refractivity contribution in [2.75, 3.05) is 20.1 Å². The smallest absolute Gasteiger partial charge is 0.317 e. The summed E-state index contributed by atoms with van der Waals surface area (Å²) in [6.45, 7) is 1.48. The molecule has 0 aliphatic carbocycles. The van der Waals surface area contributed by atoms with E-state index in [2.05, 4.69) is 5.32 Å². The van der Waals surface area contributed by atoms with Gasteiger partial charge in [-0.25, -0.2) is 4.79 Å². The number of carbonyl (C=O) groups is 1. The van der Waals surface area contributed by atoms with Crippen molar-refractivity contribution in [2.45, 2.75) is 18.9 Å². The number of urea groups is 1. The van der Waals surface area contributed by atoms with Gasteiger partial charge in [0.1, 0.15) is 0 Å². The summed E-state index contributed by atoms with van der Waals surface area (Å²) in [7, 11) is 1.82. The van der Waals surface area contributed by atoms with Crippen LogP contribution >= 0.6 is 0 Å². The van der Waals surface area contributed by atoms with Crippen molar-refractivity contribution >= 4 is 6.03 Å². The fraction of sp³-hybridized carbons (Fsp3) is 0.857. The fourth-order valence-corrected chi connectivity index (χ4v) is 1.28. The molecule has 11 heavy (non-hydrogen) atoms. The molecule has 1 atom stereocenters. The maximum atomic E-state index is 10.9. The fourth-order valence-electron chi connectivity index (χ4n) is 1.28. The first-order chi connectivity index (χ1) is 5.25. The molecule has 0 aromatic carbocycles. The molecule has 0 bridgehead atoms. The van der Waals surface area contributed by atoms with E-state index >= 15 is 0 Å². The summed E-state index contributed by atoms with van der Waals surface area (Å²) in [5.41, 5.74) is 5.36. The number of rotatable bonds is 3. The Morgan fingerprint density at radius 3 is 3.00 bits per heavy atom. The molecule has 4 heteroatoms. The molecule has 4 nitrogen and oxygen atoms in total. The van der Waals surface area contributed by atoms with E-state index in [1.54, 1.807) is 4.90 Å². The molecule has 1 aliphatic heterocycles. The lowest BCUT2D eigenvalue weighted by atomic mass is 10.1. The molecule has 0 saturated carbocycles. The van der Waals surface area contributed by atoms with Gasteiger partial charge in [-0.05, 0) is 19.4 Å². The van der Waals surface area contributed by atoms with Crippen molar-refractivity contribution in [1.82, 2.24) is 10.2 Å². The molecule has 0 radical (unpaired) electrons. The lowest BCUT2D eigenvalue weighted by molar-refractivity contribution is 0.214. The maximum absolute atomic E-state index is 10.9. The van der Waals surface area contributed by atoms with E-state index in [0.29, 0.717) is 12.6 Å². The second-order valence-corrected chi connectivity index (χ2v) is 2.88. The van der Waals surface area contributed by atoms with E-state index in [1.165, 1.54) is 0 Å². The number of carbonyl (C=O) groups excluding carboxylic acids is 1. The molecule has 0 aromatic rings. The average Bonchev–Trinajstić information content (AvgIpc) is 2.31. The van der Waals surface area contributed by atoms with Gasteiger partial charge in [0.2, 0.25) is 0 Å². The topological polar surface area (TPSA) is 58.4 Å². The highest BCUT2D eigenvalue weighted by molar-refractivity contribution is 5.76. The minimum absolute atomic E-state index is 0.0343. The molecule has 1 aliphatic rings. The van der Waals surface area contributed by atoms with Gasteiger partial charge >= 0.3 is 6.03 Å². The van der Waals surface area contributed by atoms with E-state index in [9.17, 15) is 4.79 Å². The van der Waals surface area contributed by atoms with Gasteiger partial charge in [0.25, 0.3) is 0 Å². The van der Waals surface area contributed by atoms with Crippen LogP contribution in [-0.2, 0) is 0 Å². The number of nitrogens with two attached hydrogens (primary N) is 1. The zero-order valence-corrected chi connectivity index (χ0v) is 6.84. The van der Waals surface area contributed by atoms with Gasteiger partial charge in [-0.3, -0.25) is 0 Å². The zero-order valence-electron chi connectivity index (χ0n) is 6.84. The van der Waals surface area contributed by atoms with Gasteiger partial charge in [-0.15, -0.1) is 0 Å². The standard InChI is InChI=1S/C7H15N3O/c1-10-6(3-2-4-8)5-9-7(10)11/h6H,2-5,8H2,1H3,(H,9,11). The van der Waals surface area contributed by atoms with Gasteiger partial charge in [0.05, 0.1) is 6.04 Å². The summed E-state index contributed by atoms with van der Waals surface area (Å²) < 4.78 is 0. The normalized spacial score (nSPS) is 24.0. The lowest BCUT2D eigenvalue weighted by Crippen LogP contribution is -2.30. The first-order valence-electron chi connectivity index (χ1n) is 3.96. The maximum Gasteiger partial charge on any atom is 0.317 e. The third-order valence-electron chi connectivity index (χ3n) is 2.10. The number of hydrogen-bond acceptors (Lipinski definition) is 2. The quantitative estimate of drug-likeness (QED) is 0.593. The van der Waals surface area contributed by atoms with Crippen LogP contribution in [0.15, 0.2) is 0 Å². The van der Waals surface area contributed by atoms with Crippen molar-refractivity contribution in [3.8, 4) is 0 Å². The second-order valence-electron chi connectivity index (χ2n) is 2.88. The second kappa shape index (κ2) is 3.57. The van der Waals surface area contributed by atoms with Crippen LogP contribution < -0.4 is 11.1 Å². The summed E-state index contributed by atoms with van der Waals surface area (Å²) in [5, 5.41) is 2.77. The van der Waals surface area contributed by atoms with Gasteiger partial charge in [0.15, 0.2) is 0 Å². The predicted octanol–water partition coefficient (Wildman–Crippen LogP) is -0.251. The molecule has 2 amide bonds. The molecular weight excluding hydrogens is 142 g/mol. The summed E-state index contributed by atoms with van der Waals surface area (Å²) in [5.74, 6) is 0. The van der Waals surface area contributed by atoms with Crippen LogP contribution in [0.2, 0.25) is 0 Å². The van der Waals surface area contributed by atoms with Crippen molar-refractivity contribution < 1.29 is 4.79 Å². The monoisotopic (exact) mass is 157 g/mol. The third kappa shape index (κ3) is 1.83. The van der Waals surface area contributed by atoms with Gasteiger partial charge in [-0.2, -0.15) is 0 Å². The van der Waals surface area contributed by atoms with E-state index in [-0.39, 0.29) is 6.03 Å². The Kier molecular flexibility index (Phi) is 2.70. The van der Waals surface area contributed by atoms with Gasteiger partial charge in [0, 0.05) is 13.6 Å².